The summed E-state index contributed by atoms with van der Waals surface area (Å²) >= 11 is -3.79. The van der Waals surface area contributed by atoms with Gasteiger partial charge in [0, 0.05) is 0 Å². The van der Waals surface area contributed by atoms with E-state index in [2.05, 4.69) is 0 Å². The Kier molecular flexibility index (Phi) is 3.74. The summed E-state index contributed by atoms with van der Waals surface area (Å²) in [5.74, 6) is -1.31. The zero-order valence-corrected chi connectivity index (χ0v) is 8.93. The average molecular weight is 263 g/mol. The van der Waals surface area contributed by atoms with Crippen LogP contribution in [0.5, 0.6) is 0 Å². The normalized spacial score (nSPS) is 12.9. The Labute approximate surface area is 92.9 Å². The van der Waals surface area contributed by atoms with Gasteiger partial charge in [0.15, 0.2) is 0 Å². The Bertz CT molecular complexity index is 507. The summed E-state index contributed by atoms with van der Waals surface area (Å²) in [5, 5.41) is 9.05. The molecule has 0 saturated carbocycles. The number of carbonyl (C=O) groups is 2. The Balaban J connectivity index is 0.000000280. The van der Waals surface area contributed by atoms with Crippen LogP contribution in [0.2, 0.25) is 0 Å². The molecule has 1 aromatic rings. The van der Waals surface area contributed by atoms with Crippen LogP contribution in [0.1, 0.15) is 20.7 Å². The molecular weight excluding hydrogens is 258 g/mol. The van der Waals surface area contributed by atoms with Gasteiger partial charge in [-0.3, -0.25) is 14.8 Å². The van der Waals surface area contributed by atoms with Gasteiger partial charge in [0.25, 0.3) is 11.8 Å². The first-order valence-corrected chi connectivity index (χ1v) is 5.44. The van der Waals surface area contributed by atoms with Gasteiger partial charge in [0.05, 0.1) is 11.1 Å². The zero-order chi connectivity index (χ0) is 12.3. The molecule has 0 aromatic heterocycles. The van der Waals surface area contributed by atoms with Gasteiger partial charge in [-0.15, -0.1) is 5.06 Å². The maximum absolute atomic E-state index is 11.1. The molecule has 0 atom stereocenters. The van der Waals surface area contributed by atoms with E-state index in [-0.39, 0.29) is 16.2 Å². The van der Waals surface area contributed by atoms with Gasteiger partial charge in [0.2, 0.25) is 0 Å². The van der Waals surface area contributed by atoms with Crippen molar-refractivity contribution in [1.29, 1.82) is 0 Å². The van der Waals surface area contributed by atoms with E-state index < -0.39 is 25.8 Å². The number of hydrogen-bond acceptors (Lipinski definition) is 6. The Morgan fingerprint density at radius 1 is 0.938 bits per heavy atom. The molecule has 2 amide bonds. The van der Waals surface area contributed by atoms with Crippen molar-refractivity contribution in [2.75, 3.05) is 0 Å². The second-order valence-corrected chi connectivity index (χ2v) is 3.31. The van der Waals surface area contributed by atoms with Gasteiger partial charge >= 0.3 is 25.4 Å². The van der Waals surface area contributed by atoms with Crippen molar-refractivity contribution in [1.82, 2.24) is 5.06 Å². The Morgan fingerprint density at radius 3 is 1.56 bits per heavy atom. The molecule has 1 aromatic carbocycles. The third kappa shape index (κ3) is 2.43. The summed E-state index contributed by atoms with van der Waals surface area (Å²) in [6, 6.07) is 6.30. The standard InChI is InChI=1S/C8H5NO3.Cr.3O/c10-7-5-3-1-2-4-6(5)8(11)9(7)12;;;;/h1-4,12H;;;;. The molecule has 84 valence electrons. The van der Waals surface area contributed by atoms with Crippen LogP contribution in [0.25, 0.3) is 0 Å². The SMILES string of the molecule is O=C1c2ccccc2C(=O)N1O.[O]=[Cr](=[O])=[O]. The monoisotopic (exact) mass is 263 g/mol. The molecule has 1 heterocycles. The molecular formula is C8H5CrNO6. The van der Waals surface area contributed by atoms with Crippen LogP contribution in [-0.2, 0) is 25.4 Å². The molecule has 8 heteroatoms. The molecule has 0 unspecified atom stereocenters. The van der Waals surface area contributed by atoms with E-state index in [1.54, 1.807) is 12.1 Å². The van der Waals surface area contributed by atoms with Crippen LogP contribution in [0.15, 0.2) is 24.3 Å². The van der Waals surface area contributed by atoms with Crippen molar-refractivity contribution < 1.29 is 40.2 Å². The summed E-state index contributed by atoms with van der Waals surface area (Å²) in [7, 11) is 0. The molecule has 0 saturated heterocycles. The van der Waals surface area contributed by atoms with E-state index in [1.807, 2.05) is 0 Å². The van der Waals surface area contributed by atoms with Crippen molar-refractivity contribution in [2.24, 2.45) is 0 Å². The fourth-order valence-corrected chi connectivity index (χ4v) is 1.18. The van der Waals surface area contributed by atoms with E-state index in [0.29, 0.717) is 0 Å². The molecule has 0 aliphatic carbocycles. The van der Waals surface area contributed by atoms with Crippen molar-refractivity contribution in [3.8, 4) is 0 Å². The number of imide groups is 1. The molecule has 2 rings (SSSR count). The van der Waals surface area contributed by atoms with Gasteiger partial charge in [-0.2, -0.15) is 0 Å². The summed E-state index contributed by atoms with van der Waals surface area (Å²) < 4.78 is 25.6. The fraction of sp³-hybridized carbons (Fsp3) is 0. The molecule has 0 bridgehead atoms. The number of fused-ring (bicyclic) bond motifs is 1. The summed E-state index contributed by atoms with van der Waals surface area (Å²) in [5.41, 5.74) is 0.509. The average Bonchev–Trinajstić information content (AvgIpc) is 2.44. The van der Waals surface area contributed by atoms with Crippen LogP contribution >= 0.6 is 0 Å². The van der Waals surface area contributed by atoms with Crippen molar-refractivity contribution in [3.63, 3.8) is 0 Å². The molecule has 1 aliphatic rings. The quantitative estimate of drug-likeness (QED) is 0.533. The van der Waals surface area contributed by atoms with Gasteiger partial charge < -0.3 is 0 Å². The second-order valence-electron chi connectivity index (χ2n) is 2.67. The first-order chi connectivity index (χ1) is 7.45. The van der Waals surface area contributed by atoms with Crippen LogP contribution < -0.4 is 0 Å². The number of hydroxylamine groups is 2. The summed E-state index contributed by atoms with van der Waals surface area (Å²) in [6.07, 6.45) is 0. The van der Waals surface area contributed by atoms with E-state index in [9.17, 15) is 9.59 Å². The minimum absolute atomic E-state index is 0.130. The molecule has 0 fully saturated rings. The van der Waals surface area contributed by atoms with Crippen molar-refractivity contribution in [3.05, 3.63) is 35.4 Å². The summed E-state index contributed by atoms with van der Waals surface area (Å²) in [6.45, 7) is 0. The maximum atomic E-state index is 11.1. The first kappa shape index (κ1) is 12.3. The first-order valence-electron chi connectivity index (χ1n) is 3.88. The molecule has 1 N–H and O–H groups in total. The van der Waals surface area contributed by atoms with Gasteiger partial charge in [-0.05, 0) is 12.1 Å². The van der Waals surface area contributed by atoms with Crippen LogP contribution in [-0.4, -0.2) is 22.1 Å². The number of amides is 2. The van der Waals surface area contributed by atoms with Crippen LogP contribution in [0.3, 0.4) is 0 Å². The third-order valence-corrected chi connectivity index (χ3v) is 1.77. The second kappa shape index (κ2) is 4.85. The number of benzene rings is 1. The van der Waals surface area contributed by atoms with Crippen molar-refractivity contribution >= 4 is 11.8 Å². The van der Waals surface area contributed by atoms with E-state index in [0.717, 1.165) is 0 Å². The van der Waals surface area contributed by atoms with E-state index >= 15 is 0 Å². The Morgan fingerprint density at radius 2 is 1.25 bits per heavy atom. The molecule has 16 heavy (non-hydrogen) atoms. The zero-order valence-electron chi connectivity index (χ0n) is 7.65. The molecule has 0 radical (unpaired) electrons. The fourth-order valence-electron chi connectivity index (χ4n) is 1.18. The molecule has 7 nitrogen and oxygen atoms in total. The van der Waals surface area contributed by atoms with Crippen LogP contribution in [0.4, 0.5) is 0 Å². The summed E-state index contributed by atoms with van der Waals surface area (Å²) in [4.78, 5) is 22.1. The van der Waals surface area contributed by atoms with Crippen molar-refractivity contribution in [2.45, 2.75) is 0 Å². The predicted molar refractivity (Wildman–Crippen MR) is 40.8 cm³/mol. The Hall–Kier alpha value is -1.75. The number of hydrogen-bond donors (Lipinski definition) is 1. The molecule has 0 spiro atoms. The number of nitrogens with zero attached hydrogens (tertiary/aromatic N) is 1. The van der Waals surface area contributed by atoms with Crippen LogP contribution in [0, 0.1) is 0 Å². The van der Waals surface area contributed by atoms with E-state index in [4.69, 9.17) is 16.6 Å². The van der Waals surface area contributed by atoms with E-state index in [1.165, 1.54) is 12.1 Å². The predicted octanol–water partition coefficient (Wildman–Crippen LogP) is 0.313. The topological polar surface area (TPSA) is 109 Å². The number of rotatable bonds is 0. The third-order valence-electron chi connectivity index (χ3n) is 1.77. The van der Waals surface area contributed by atoms with Gasteiger partial charge in [-0.25, -0.2) is 0 Å². The minimum atomic E-state index is -3.79. The van der Waals surface area contributed by atoms with Gasteiger partial charge in [0.1, 0.15) is 0 Å². The molecule has 1 aliphatic heterocycles. The number of carbonyl (C=O) groups excluding carboxylic acids is 2. The van der Waals surface area contributed by atoms with Gasteiger partial charge in [-0.1, -0.05) is 12.1 Å².